The zero-order chi connectivity index (χ0) is 19.7. The number of hydrogen-bond donors (Lipinski definition) is 1. The molecule has 1 aromatic rings. The molecule has 1 unspecified atom stereocenters. The van der Waals surface area contributed by atoms with Crippen LogP contribution in [-0.4, -0.2) is 57.9 Å². The monoisotopic (exact) mass is 384 g/mol. The Kier molecular flexibility index (Phi) is 5.38. The van der Waals surface area contributed by atoms with Crippen LogP contribution in [0.2, 0.25) is 0 Å². The molecule has 4 rings (SSSR count). The van der Waals surface area contributed by atoms with Gasteiger partial charge in [-0.05, 0) is 62.0 Å². The number of benzene rings is 1. The maximum atomic E-state index is 13.1. The van der Waals surface area contributed by atoms with E-state index in [4.69, 9.17) is 0 Å². The normalized spacial score (nSPS) is 25.0. The molecular formula is C22H28N2O4. The van der Waals surface area contributed by atoms with Crippen molar-refractivity contribution in [3.63, 3.8) is 0 Å². The van der Waals surface area contributed by atoms with Gasteiger partial charge in [0.15, 0.2) is 0 Å². The molecule has 2 saturated heterocycles. The quantitative estimate of drug-likeness (QED) is 0.864. The fourth-order valence-electron chi connectivity index (χ4n) is 5.12. The minimum atomic E-state index is -0.941. The fraction of sp³-hybridized carbons (Fsp3) is 0.591. The van der Waals surface area contributed by atoms with Crippen molar-refractivity contribution in [1.82, 2.24) is 9.80 Å². The van der Waals surface area contributed by atoms with Crippen LogP contribution in [0.4, 0.5) is 0 Å². The van der Waals surface area contributed by atoms with Gasteiger partial charge in [-0.1, -0.05) is 24.3 Å². The number of hydrogen-bond acceptors (Lipinski definition) is 3. The van der Waals surface area contributed by atoms with E-state index in [1.807, 2.05) is 12.1 Å². The third-order valence-electron chi connectivity index (χ3n) is 6.53. The van der Waals surface area contributed by atoms with Crippen molar-refractivity contribution in [1.29, 1.82) is 0 Å². The van der Waals surface area contributed by atoms with Gasteiger partial charge in [0.05, 0.1) is 0 Å². The summed E-state index contributed by atoms with van der Waals surface area (Å²) in [6.07, 6.45) is 5.96. The summed E-state index contributed by atoms with van der Waals surface area (Å²) in [6.45, 7) is 1.08. The summed E-state index contributed by atoms with van der Waals surface area (Å²) >= 11 is 0. The van der Waals surface area contributed by atoms with E-state index in [0.29, 0.717) is 44.7 Å². The maximum Gasteiger partial charge on any atom is 0.326 e. The van der Waals surface area contributed by atoms with E-state index in [2.05, 4.69) is 12.1 Å². The van der Waals surface area contributed by atoms with Crippen molar-refractivity contribution in [2.75, 3.05) is 13.1 Å². The van der Waals surface area contributed by atoms with Gasteiger partial charge in [-0.15, -0.1) is 0 Å². The molecule has 1 N–H and O–H groups in total. The van der Waals surface area contributed by atoms with E-state index in [1.165, 1.54) is 16.0 Å². The first-order valence-corrected chi connectivity index (χ1v) is 10.4. The lowest BCUT2D eigenvalue weighted by atomic mass is 9.96. The second-order valence-corrected chi connectivity index (χ2v) is 8.37. The van der Waals surface area contributed by atoms with Crippen molar-refractivity contribution in [2.45, 2.75) is 63.5 Å². The molecule has 2 atom stereocenters. The van der Waals surface area contributed by atoms with Gasteiger partial charge < -0.3 is 14.9 Å². The van der Waals surface area contributed by atoms with Crippen molar-refractivity contribution in [3.05, 3.63) is 35.4 Å². The molecule has 2 amide bonds. The molecule has 6 heteroatoms. The molecule has 3 aliphatic rings. The molecule has 0 aromatic heterocycles. The van der Waals surface area contributed by atoms with E-state index in [9.17, 15) is 19.5 Å². The summed E-state index contributed by atoms with van der Waals surface area (Å²) in [7, 11) is 0. The molecule has 1 aliphatic carbocycles. The third kappa shape index (κ3) is 3.64. The van der Waals surface area contributed by atoms with Gasteiger partial charge in [-0.25, -0.2) is 4.79 Å². The number of carbonyl (C=O) groups is 3. The molecule has 0 bridgehead atoms. The van der Waals surface area contributed by atoms with Gasteiger partial charge in [0.2, 0.25) is 11.8 Å². The maximum absolute atomic E-state index is 13.1. The van der Waals surface area contributed by atoms with E-state index in [-0.39, 0.29) is 11.8 Å². The molecule has 150 valence electrons. The van der Waals surface area contributed by atoms with Crippen LogP contribution >= 0.6 is 0 Å². The van der Waals surface area contributed by atoms with Gasteiger partial charge in [0.1, 0.15) is 12.1 Å². The van der Waals surface area contributed by atoms with Gasteiger partial charge in [0.25, 0.3) is 0 Å². The molecule has 0 saturated carbocycles. The van der Waals surface area contributed by atoms with Gasteiger partial charge >= 0.3 is 5.97 Å². The molecule has 28 heavy (non-hydrogen) atoms. The van der Waals surface area contributed by atoms with Crippen LogP contribution in [0.1, 0.15) is 49.7 Å². The first-order valence-electron chi connectivity index (χ1n) is 10.4. The Morgan fingerprint density at radius 2 is 1.54 bits per heavy atom. The predicted octanol–water partition coefficient (Wildman–Crippen LogP) is 2.25. The zero-order valence-corrected chi connectivity index (χ0v) is 16.2. The second-order valence-electron chi connectivity index (χ2n) is 8.37. The number of fused-ring (bicyclic) bond motifs is 1. The average molecular weight is 384 g/mol. The summed E-state index contributed by atoms with van der Waals surface area (Å²) in [4.78, 5) is 40.9. The first kappa shape index (κ1) is 19.0. The molecule has 1 aromatic carbocycles. The Labute approximate surface area is 165 Å². The number of carboxylic acid groups (broad SMARTS) is 1. The predicted molar refractivity (Wildman–Crippen MR) is 104 cm³/mol. The Bertz CT molecular complexity index is 753. The van der Waals surface area contributed by atoms with Crippen molar-refractivity contribution in [3.8, 4) is 0 Å². The van der Waals surface area contributed by atoms with Crippen LogP contribution in [0.5, 0.6) is 0 Å². The number of nitrogens with zero attached hydrogens (tertiary/aromatic N) is 2. The molecule has 2 fully saturated rings. The van der Waals surface area contributed by atoms with Crippen molar-refractivity contribution >= 4 is 17.8 Å². The summed E-state index contributed by atoms with van der Waals surface area (Å²) in [5.41, 5.74) is 2.65. The summed E-state index contributed by atoms with van der Waals surface area (Å²) < 4.78 is 0. The SMILES string of the molecule is O=C(O)[C@@H]1CCCN1C(=O)C1CCCCN1C(=O)CC1Cc2ccccc2C1. The van der Waals surface area contributed by atoms with Crippen LogP contribution in [0.25, 0.3) is 0 Å². The lowest BCUT2D eigenvalue weighted by Gasteiger charge is -2.38. The molecule has 6 nitrogen and oxygen atoms in total. The highest BCUT2D eigenvalue weighted by Crippen LogP contribution is 2.31. The fourth-order valence-corrected chi connectivity index (χ4v) is 5.12. The number of aliphatic carboxylic acids is 1. The molecule has 2 aliphatic heterocycles. The van der Waals surface area contributed by atoms with Gasteiger partial charge in [-0.2, -0.15) is 0 Å². The molecule has 2 heterocycles. The van der Waals surface area contributed by atoms with Crippen LogP contribution in [0.15, 0.2) is 24.3 Å². The molecular weight excluding hydrogens is 356 g/mol. The number of likely N-dealkylation sites (tertiary alicyclic amines) is 2. The molecule has 0 radical (unpaired) electrons. The van der Waals surface area contributed by atoms with Crippen LogP contribution in [0, 0.1) is 5.92 Å². The Hall–Kier alpha value is -2.37. The summed E-state index contributed by atoms with van der Waals surface area (Å²) in [5.74, 6) is -0.779. The van der Waals surface area contributed by atoms with Crippen molar-refractivity contribution in [2.24, 2.45) is 5.92 Å². The highest BCUT2D eigenvalue weighted by Gasteiger charge is 2.41. The van der Waals surface area contributed by atoms with E-state index >= 15 is 0 Å². The first-order chi connectivity index (χ1) is 13.5. The van der Waals surface area contributed by atoms with Crippen LogP contribution in [0.3, 0.4) is 0 Å². The largest absolute Gasteiger partial charge is 0.480 e. The van der Waals surface area contributed by atoms with E-state index in [0.717, 1.165) is 25.7 Å². The summed E-state index contributed by atoms with van der Waals surface area (Å²) in [6, 6.07) is 7.11. The minimum absolute atomic E-state index is 0.0435. The second kappa shape index (κ2) is 7.94. The summed E-state index contributed by atoms with van der Waals surface area (Å²) in [5, 5.41) is 9.41. The highest BCUT2D eigenvalue weighted by atomic mass is 16.4. The minimum Gasteiger partial charge on any atom is -0.480 e. The lowest BCUT2D eigenvalue weighted by molar-refractivity contribution is -0.154. The number of amides is 2. The molecule has 0 spiro atoms. The topological polar surface area (TPSA) is 77.9 Å². The Balaban J connectivity index is 1.43. The van der Waals surface area contributed by atoms with Gasteiger partial charge in [0, 0.05) is 19.5 Å². The van der Waals surface area contributed by atoms with E-state index < -0.39 is 18.1 Å². The lowest BCUT2D eigenvalue weighted by Crippen LogP contribution is -2.55. The number of carbonyl (C=O) groups excluding carboxylic acids is 2. The van der Waals surface area contributed by atoms with Crippen LogP contribution < -0.4 is 0 Å². The van der Waals surface area contributed by atoms with Crippen molar-refractivity contribution < 1.29 is 19.5 Å². The number of piperidine rings is 1. The number of carboxylic acids is 1. The smallest absolute Gasteiger partial charge is 0.326 e. The third-order valence-corrected chi connectivity index (χ3v) is 6.53. The average Bonchev–Trinajstić information content (AvgIpc) is 3.34. The standard InChI is InChI=1S/C22H28N2O4/c25-20(14-15-12-16-6-1-2-7-17(16)13-15)23-10-4-3-8-18(23)21(26)24-11-5-9-19(24)22(27)28/h1-2,6-7,15,18-19H,3-5,8-14H2,(H,27,28)/t18?,19-/m0/s1. The Morgan fingerprint density at radius 1 is 0.893 bits per heavy atom. The van der Waals surface area contributed by atoms with Crippen LogP contribution in [-0.2, 0) is 27.2 Å². The highest BCUT2D eigenvalue weighted by molar-refractivity contribution is 5.91. The van der Waals surface area contributed by atoms with E-state index in [1.54, 1.807) is 4.90 Å². The zero-order valence-electron chi connectivity index (χ0n) is 16.2. The van der Waals surface area contributed by atoms with Gasteiger partial charge in [-0.3, -0.25) is 9.59 Å². The Morgan fingerprint density at radius 3 is 2.21 bits per heavy atom. The number of rotatable bonds is 4.